The standard InChI is InChI=1S/C37H36N4O6S2/c1-22-13-15-25(16-14-22)19-30(39-34(44)26-9-6-5-7-10-26)35(45)38-27-11-8-12-28(20-27)48-23(2)33(43)40-36-32(37(46)47-4)29-17-18-41(24(3)42)21-31(29)49-36/h5-16,19-20,23H,17-18,21H2,1-4H3,(H,38,45)(H,39,44)(H,40,43)/b30-19-. The highest BCUT2D eigenvalue weighted by Gasteiger charge is 2.31. The SMILES string of the molecule is COC(=O)c1c(NC(=O)C(C)Sc2cccc(NC(=O)/C(=C/c3ccc(C)cc3)NC(=O)c3ccccc3)c2)sc2c1CCN(C(C)=O)C2. The zero-order valence-electron chi connectivity index (χ0n) is 27.5. The van der Waals surface area contributed by atoms with Crippen molar-refractivity contribution in [1.29, 1.82) is 0 Å². The molecule has 1 aliphatic heterocycles. The van der Waals surface area contributed by atoms with E-state index in [0.717, 1.165) is 21.6 Å². The highest BCUT2D eigenvalue weighted by atomic mass is 32.2. The van der Waals surface area contributed by atoms with Gasteiger partial charge in [-0.25, -0.2) is 4.79 Å². The third-order valence-corrected chi connectivity index (χ3v) is 10.0. The van der Waals surface area contributed by atoms with Gasteiger partial charge in [-0.2, -0.15) is 0 Å². The van der Waals surface area contributed by atoms with Crippen LogP contribution in [0.3, 0.4) is 0 Å². The Morgan fingerprint density at radius 3 is 2.39 bits per heavy atom. The van der Waals surface area contributed by atoms with Crippen molar-refractivity contribution in [3.05, 3.63) is 117 Å². The Kier molecular flexibility index (Phi) is 11.3. The number of ether oxygens (including phenoxy) is 1. The molecule has 0 saturated carbocycles. The number of carbonyl (C=O) groups excluding carboxylic acids is 5. The van der Waals surface area contributed by atoms with Crippen LogP contribution >= 0.6 is 23.1 Å². The largest absolute Gasteiger partial charge is 0.465 e. The minimum atomic E-state index is -0.577. The van der Waals surface area contributed by atoms with E-state index in [1.807, 2.05) is 37.3 Å². The van der Waals surface area contributed by atoms with Gasteiger partial charge in [-0.3, -0.25) is 19.2 Å². The molecule has 2 heterocycles. The molecule has 3 aromatic carbocycles. The lowest BCUT2D eigenvalue weighted by Gasteiger charge is -2.25. The summed E-state index contributed by atoms with van der Waals surface area (Å²) < 4.78 is 5.03. The molecule has 3 N–H and O–H groups in total. The van der Waals surface area contributed by atoms with E-state index < -0.39 is 23.0 Å². The van der Waals surface area contributed by atoms with Gasteiger partial charge in [0.15, 0.2) is 0 Å². The molecule has 252 valence electrons. The monoisotopic (exact) mass is 696 g/mol. The minimum absolute atomic E-state index is 0.0526. The highest BCUT2D eigenvalue weighted by Crippen LogP contribution is 2.38. The van der Waals surface area contributed by atoms with Crippen LogP contribution in [0.15, 0.2) is 89.5 Å². The fraction of sp³-hybridized carbons (Fsp3) is 0.216. The van der Waals surface area contributed by atoms with E-state index in [1.54, 1.807) is 66.4 Å². The predicted octanol–water partition coefficient (Wildman–Crippen LogP) is 6.28. The molecule has 1 unspecified atom stereocenters. The van der Waals surface area contributed by atoms with Crippen LogP contribution in [-0.4, -0.2) is 53.4 Å². The van der Waals surface area contributed by atoms with Crippen LogP contribution in [0.1, 0.15) is 56.1 Å². The number of aryl methyl sites for hydroxylation is 1. The van der Waals surface area contributed by atoms with E-state index in [1.165, 1.54) is 37.1 Å². The van der Waals surface area contributed by atoms with Crippen LogP contribution < -0.4 is 16.0 Å². The van der Waals surface area contributed by atoms with Crippen molar-refractivity contribution in [3.63, 3.8) is 0 Å². The number of carbonyl (C=O) groups is 5. The number of benzene rings is 3. The van der Waals surface area contributed by atoms with Crippen molar-refractivity contribution in [2.45, 2.75) is 43.9 Å². The third-order valence-electron chi connectivity index (χ3n) is 7.82. The predicted molar refractivity (Wildman–Crippen MR) is 193 cm³/mol. The molecule has 10 nitrogen and oxygen atoms in total. The zero-order chi connectivity index (χ0) is 35.1. The van der Waals surface area contributed by atoms with E-state index in [2.05, 4.69) is 16.0 Å². The molecule has 49 heavy (non-hydrogen) atoms. The molecule has 0 radical (unpaired) electrons. The summed E-state index contributed by atoms with van der Waals surface area (Å²) in [5, 5.41) is 8.33. The molecule has 0 fully saturated rings. The van der Waals surface area contributed by atoms with Gasteiger partial charge in [0, 0.05) is 34.5 Å². The second-order valence-corrected chi connectivity index (χ2v) is 13.9. The molecule has 0 saturated heterocycles. The van der Waals surface area contributed by atoms with Crippen molar-refractivity contribution in [2.24, 2.45) is 0 Å². The molecule has 4 aromatic rings. The quantitative estimate of drug-likeness (QED) is 0.101. The molecule has 12 heteroatoms. The fourth-order valence-corrected chi connectivity index (χ4v) is 7.35. The molecule has 4 amide bonds. The molecule has 5 rings (SSSR count). The average molecular weight is 697 g/mol. The molecular formula is C37H36N4O6S2. The maximum absolute atomic E-state index is 13.5. The lowest BCUT2D eigenvalue weighted by Crippen LogP contribution is -2.33. The normalized spacial score (nSPS) is 13.1. The average Bonchev–Trinajstić information content (AvgIpc) is 3.45. The Morgan fingerprint density at radius 1 is 0.959 bits per heavy atom. The first-order chi connectivity index (χ1) is 23.5. The van der Waals surface area contributed by atoms with Crippen LogP contribution in [0.25, 0.3) is 6.08 Å². The number of nitrogens with zero attached hydrogens (tertiary/aromatic N) is 1. The lowest BCUT2D eigenvalue weighted by molar-refractivity contribution is -0.129. The van der Waals surface area contributed by atoms with Crippen molar-refractivity contribution >= 4 is 69.5 Å². The Morgan fingerprint density at radius 2 is 1.69 bits per heavy atom. The summed E-state index contributed by atoms with van der Waals surface area (Å²) in [6.45, 7) is 6.07. The van der Waals surface area contributed by atoms with E-state index in [9.17, 15) is 24.0 Å². The summed E-state index contributed by atoms with van der Waals surface area (Å²) >= 11 is 2.56. The Hall–Kier alpha value is -5.20. The molecule has 0 bridgehead atoms. The topological polar surface area (TPSA) is 134 Å². The number of esters is 1. The van der Waals surface area contributed by atoms with Crippen LogP contribution in [-0.2, 0) is 32.1 Å². The summed E-state index contributed by atoms with van der Waals surface area (Å²) in [6, 6.07) is 23.3. The number of thioether (sulfide) groups is 1. The zero-order valence-corrected chi connectivity index (χ0v) is 29.1. The van der Waals surface area contributed by atoms with Gasteiger partial charge in [-0.15, -0.1) is 23.1 Å². The first-order valence-corrected chi connectivity index (χ1v) is 17.2. The number of nitrogens with one attached hydrogen (secondary N) is 3. The van der Waals surface area contributed by atoms with Crippen molar-refractivity contribution in [2.75, 3.05) is 24.3 Å². The van der Waals surface area contributed by atoms with E-state index in [0.29, 0.717) is 46.2 Å². The lowest BCUT2D eigenvalue weighted by atomic mass is 10.0. The second kappa shape index (κ2) is 15.8. The Bertz CT molecular complexity index is 1920. The van der Waals surface area contributed by atoms with Gasteiger partial charge in [0.25, 0.3) is 11.8 Å². The van der Waals surface area contributed by atoms with Gasteiger partial charge in [-0.1, -0.05) is 54.1 Å². The van der Waals surface area contributed by atoms with E-state index in [4.69, 9.17) is 4.74 Å². The highest BCUT2D eigenvalue weighted by molar-refractivity contribution is 8.00. The number of fused-ring (bicyclic) bond motifs is 1. The Labute approximate surface area is 292 Å². The van der Waals surface area contributed by atoms with Crippen LogP contribution in [0.4, 0.5) is 10.7 Å². The number of hydrogen-bond acceptors (Lipinski definition) is 8. The van der Waals surface area contributed by atoms with E-state index in [-0.39, 0.29) is 17.5 Å². The number of amides is 4. The van der Waals surface area contributed by atoms with Crippen molar-refractivity contribution < 1.29 is 28.7 Å². The first-order valence-electron chi connectivity index (χ1n) is 15.5. The van der Waals surface area contributed by atoms with Gasteiger partial charge >= 0.3 is 5.97 Å². The van der Waals surface area contributed by atoms with Gasteiger partial charge < -0.3 is 25.6 Å². The van der Waals surface area contributed by atoms with Gasteiger partial charge in [0.2, 0.25) is 11.8 Å². The second-order valence-electron chi connectivity index (χ2n) is 11.4. The van der Waals surface area contributed by atoms with Gasteiger partial charge in [-0.05, 0) is 67.8 Å². The maximum Gasteiger partial charge on any atom is 0.341 e. The number of methoxy groups -OCH3 is 1. The summed E-state index contributed by atoms with van der Waals surface area (Å²) in [6.07, 6.45) is 2.11. The molecule has 0 spiro atoms. The maximum atomic E-state index is 13.5. The van der Waals surface area contributed by atoms with Crippen LogP contribution in [0.5, 0.6) is 0 Å². The van der Waals surface area contributed by atoms with Crippen LogP contribution in [0, 0.1) is 6.92 Å². The summed E-state index contributed by atoms with van der Waals surface area (Å²) in [5.41, 5.74) is 3.88. The van der Waals surface area contributed by atoms with Gasteiger partial charge in [0.05, 0.1) is 24.5 Å². The molecule has 1 aliphatic rings. The number of hydrogen-bond donors (Lipinski definition) is 3. The molecule has 1 aromatic heterocycles. The molecule has 0 aliphatic carbocycles. The summed E-state index contributed by atoms with van der Waals surface area (Å²) in [5.74, 6) is -1.85. The van der Waals surface area contributed by atoms with Crippen molar-refractivity contribution in [1.82, 2.24) is 10.2 Å². The first kappa shape index (κ1) is 35.1. The molecule has 1 atom stereocenters. The molecular weight excluding hydrogens is 661 g/mol. The van der Waals surface area contributed by atoms with Crippen molar-refractivity contribution in [3.8, 4) is 0 Å². The fourth-order valence-electron chi connectivity index (χ4n) is 5.17. The van der Waals surface area contributed by atoms with Gasteiger partial charge in [0.1, 0.15) is 10.7 Å². The summed E-state index contributed by atoms with van der Waals surface area (Å²) in [4.78, 5) is 67.8. The minimum Gasteiger partial charge on any atom is -0.465 e. The van der Waals surface area contributed by atoms with E-state index >= 15 is 0 Å². The smallest absolute Gasteiger partial charge is 0.341 e. The third kappa shape index (κ3) is 8.84. The number of thiophene rings is 1. The summed E-state index contributed by atoms with van der Waals surface area (Å²) in [7, 11) is 1.30. The number of anilines is 2. The van der Waals surface area contributed by atoms with Crippen LogP contribution in [0.2, 0.25) is 0 Å². The number of rotatable bonds is 10. The Balaban J connectivity index is 1.29.